The summed E-state index contributed by atoms with van der Waals surface area (Å²) in [6.07, 6.45) is 2.77. The summed E-state index contributed by atoms with van der Waals surface area (Å²) in [6.45, 7) is 2.03. The van der Waals surface area contributed by atoms with Gasteiger partial charge in [-0.1, -0.05) is 29.8 Å². The van der Waals surface area contributed by atoms with E-state index in [1.165, 1.54) is 5.56 Å². The van der Waals surface area contributed by atoms with Crippen LogP contribution in [0.1, 0.15) is 22.9 Å². The Bertz CT molecular complexity index is 445. The molecule has 0 amide bonds. The van der Waals surface area contributed by atoms with E-state index in [2.05, 4.69) is 4.98 Å². The van der Waals surface area contributed by atoms with Gasteiger partial charge in [0.25, 0.3) is 0 Å². The zero-order chi connectivity index (χ0) is 10.8. The minimum absolute atomic E-state index is 0.599. The van der Waals surface area contributed by atoms with Crippen molar-refractivity contribution >= 4 is 0 Å². The Morgan fingerprint density at radius 2 is 1.93 bits per heavy atom. The number of aromatic nitrogens is 2. The number of rotatable bonds is 2. The van der Waals surface area contributed by atoms with Crippen molar-refractivity contribution in [3.8, 4) is 0 Å². The van der Waals surface area contributed by atoms with Crippen LogP contribution in [0.15, 0.2) is 36.8 Å². The first-order valence-electron chi connectivity index (χ1n) is 4.89. The molecule has 0 aliphatic heterocycles. The van der Waals surface area contributed by atoms with Crippen LogP contribution in [-0.2, 0) is 7.05 Å². The van der Waals surface area contributed by atoms with Crippen molar-refractivity contribution in [1.29, 1.82) is 0 Å². The number of aryl methyl sites for hydroxylation is 2. The second-order valence-corrected chi connectivity index (χ2v) is 3.74. The fourth-order valence-corrected chi connectivity index (χ4v) is 1.55. The summed E-state index contributed by atoms with van der Waals surface area (Å²) in [6, 6.07) is 7.86. The van der Waals surface area contributed by atoms with Gasteiger partial charge in [0.1, 0.15) is 6.10 Å². The third-order valence-corrected chi connectivity index (χ3v) is 2.53. The highest BCUT2D eigenvalue weighted by Crippen LogP contribution is 2.20. The maximum atomic E-state index is 10.1. The van der Waals surface area contributed by atoms with Crippen molar-refractivity contribution in [3.05, 3.63) is 53.6 Å². The summed E-state index contributed by atoms with van der Waals surface area (Å²) in [4.78, 5) is 3.99. The minimum atomic E-state index is -0.599. The predicted octanol–water partition coefficient (Wildman–Crippen LogP) is 1.81. The van der Waals surface area contributed by atoms with Crippen LogP contribution in [0.3, 0.4) is 0 Å². The molecule has 1 unspecified atom stereocenters. The Balaban J connectivity index is 2.32. The molecule has 0 fully saturated rings. The van der Waals surface area contributed by atoms with Gasteiger partial charge in [0.05, 0.1) is 18.2 Å². The minimum Gasteiger partial charge on any atom is -0.382 e. The Morgan fingerprint density at radius 3 is 2.47 bits per heavy atom. The molecular formula is C12H14N2O. The lowest BCUT2D eigenvalue weighted by atomic mass is 10.1. The molecule has 0 radical (unpaired) electrons. The monoisotopic (exact) mass is 202 g/mol. The van der Waals surface area contributed by atoms with E-state index in [-0.39, 0.29) is 0 Å². The maximum Gasteiger partial charge on any atom is 0.121 e. The molecule has 0 saturated carbocycles. The average molecular weight is 202 g/mol. The van der Waals surface area contributed by atoms with E-state index in [0.29, 0.717) is 0 Å². The van der Waals surface area contributed by atoms with Gasteiger partial charge in [-0.3, -0.25) is 0 Å². The van der Waals surface area contributed by atoms with Crippen LogP contribution in [-0.4, -0.2) is 14.7 Å². The molecule has 1 N–H and O–H groups in total. The van der Waals surface area contributed by atoms with E-state index in [1.54, 1.807) is 12.5 Å². The molecule has 78 valence electrons. The van der Waals surface area contributed by atoms with E-state index >= 15 is 0 Å². The van der Waals surface area contributed by atoms with Gasteiger partial charge in [0.15, 0.2) is 0 Å². The number of aliphatic hydroxyl groups is 1. The van der Waals surface area contributed by atoms with Crippen LogP contribution < -0.4 is 0 Å². The second-order valence-electron chi connectivity index (χ2n) is 3.74. The summed E-state index contributed by atoms with van der Waals surface area (Å²) >= 11 is 0. The van der Waals surface area contributed by atoms with Crippen LogP contribution in [0.25, 0.3) is 0 Å². The fraction of sp³-hybridized carbons (Fsp3) is 0.250. The summed E-state index contributed by atoms with van der Waals surface area (Å²) in [5.74, 6) is 0. The highest BCUT2D eigenvalue weighted by Gasteiger charge is 2.12. The molecule has 2 rings (SSSR count). The number of benzene rings is 1. The molecule has 0 bridgehead atoms. The quantitative estimate of drug-likeness (QED) is 0.806. The zero-order valence-corrected chi connectivity index (χ0v) is 8.88. The van der Waals surface area contributed by atoms with Gasteiger partial charge in [-0.05, 0) is 12.5 Å². The third-order valence-electron chi connectivity index (χ3n) is 2.53. The third kappa shape index (κ3) is 1.92. The topological polar surface area (TPSA) is 38.1 Å². The number of aliphatic hydroxyl groups excluding tert-OH is 1. The first kappa shape index (κ1) is 9.93. The first-order chi connectivity index (χ1) is 7.18. The molecule has 3 nitrogen and oxygen atoms in total. The Morgan fingerprint density at radius 1 is 1.27 bits per heavy atom. The van der Waals surface area contributed by atoms with E-state index in [4.69, 9.17) is 0 Å². The van der Waals surface area contributed by atoms with Crippen LogP contribution >= 0.6 is 0 Å². The van der Waals surface area contributed by atoms with Crippen LogP contribution in [0.2, 0.25) is 0 Å². The molecule has 0 spiro atoms. The Kier molecular flexibility index (Phi) is 2.56. The second kappa shape index (κ2) is 3.87. The zero-order valence-electron chi connectivity index (χ0n) is 8.88. The molecule has 1 aromatic heterocycles. The summed E-state index contributed by atoms with van der Waals surface area (Å²) in [5.41, 5.74) is 2.89. The molecule has 15 heavy (non-hydrogen) atoms. The normalized spacial score (nSPS) is 12.7. The van der Waals surface area contributed by atoms with Crippen LogP contribution in [0, 0.1) is 6.92 Å². The van der Waals surface area contributed by atoms with Crippen molar-refractivity contribution < 1.29 is 5.11 Å². The number of nitrogens with zero attached hydrogens (tertiary/aromatic N) is 2. The molecule has 1 atom stereocenters. The number of hydrogen-bond acceptors (Lipinski definition) is 2. The first-order valence-corrected chi connectivity index (χ1v) is 4.89. The Hall–Kier alpha value is -1.61. The lowest BCUT2D eigenvalue weighted by molar-refractivity contribution is 0.211. The number of imidazole rings is 1. The van der Waals surface area contributed by atoms with Gasteiger partial charge in [0, 0.05) is 7.05 Å². The lowest BCUT2D eigenvalue weighted by Gasteiger charge is -2.11. The highest BCUT2D eigenvalue weighted by atomic mass is 16.3. The van der Waals surface area contributed by atoms with Gasteiger partial charge in [-0.25, -0.2) is 4.98 Å². The standard InChI is InChI=1S/C12H14N2O/c1-9-3-5-10(6-4-9)12(15)11-7-13-8-14(11)2/h3-8,12,15H,1-2H3. The molecule has 1 heterocycles. The van der Waals surface area contributed by atoms with E-state index in [9.17, 15) is 5.11 Å². The van der Waals surface area contributed by atoms with Crippen molar-refractivity contribution in [3.63, 3.8) is 0 Å². The summed E-state index contributed by atoms with van der Waals surface area (Å²) in [5, 5.41) is 10.1. The predicted molar refractivity (Wildman–Crippen MR) is 58.4 cm³/mol. The van der Waals surface area contributed by atoms with Crippen molar-refractivity contribution in [2.75, 3.05) is 0 Å². The van der Waals surface area contributed by atoms with Gasteiger partial charge >= 0.3 is 0 Å². The summed E-state index contributed by atoms with van der Waals surface area (Å²) in [7, 11) is 1.87. The van der Waals surface area contributed by atoms with Gasteiger partial charge < -0.3 is 9.67 Å². The Labute approximate surface area is 89.0 Å². The molecule has 1 aromatic carbocycles. The van der Waals surface area contributed by atoms with Gasteiger partial charge in [-0.2, -0.15) is 0 Å². The lowest BCUT2D eigenvalue weighted by Crippen LogP contribution is -2.04. The molecule has 2 aromatic rings. The summed E-state index contributed by atoms with van der Waals surface area (Å²) < 4.78 is 1.82. The van der Waals surface area contributed by atoms with Gasteiger partial charge in [-0.15, -0.1) is 0 Å². The largest absolute Gasteiger partial charge is 0.382 e. The van der Waals surface area contributed by atoms with E-state index in [1.807, 2.05) is 42.8 Å². The molecule has 3 heteroatoms. The average Bonchev–Trinajstić information content (AvgIpc) is 2.65. The fourth-order valence-electron chi connectivity index (χ4n) is 1.55. The van der Waals surface area contributed by atoms with Crippen LogP contribution in [0.4, 0.5) is 0 Å². The molecule has 0 aliphatic rings. The smallest absolute Gasteiger partial charge is 0.121 e. The molecular weight excluding hydrogens is 188 g/mol. The van der Waals surface area contributed by atoms with Crippen molar-refractivity contribution in [2.24, 2.45) is 7.05 Å². The highest BCUT2D eigenvalue weighted by molar-refractivity contribution is 5.27. The van der Waals surface area contributed by atoms with E-state index in [0.717, 1.165) is 11.3 Å². The van der Waals surface area contributed by atoms with Crippen LogP contribution in [0.5, 0.6) is 0 Å². The SMILES string of the molecule is Cc1ccc(C(O)c2cncn2C)cc1. The van der Waals surface area contributed by atoms with Crippen molar-refractivity contribution in [2.45, 2.75) is 13.0 Å². The number of hydrogen-bond donors (Lipinski definition) is 1. The molecule has 0 saturated heterocycles. The molecule has 0 aliphatic carbocycles. The van der Waals surface area contributed by atoms with Crippen molar-refractivity contribution in [1.82, 2.24) is 9.55 Å². The maximum absolute atomic E-state index is 10.1. The van der Waals surface area contributed by atoms with Gasteiger partial charge in [0.2, 0.25) is 0 Å². The van der Waals surface area contributed by atoms with E-state index < -0.39 is 6.10 Å².